The molecular weight excluding hydrogens is 360 g/mol. The Morgan fingerprint density at radius 2 is 2.00 bits per heavy atom. The van der Waals surface area contributed by atoms with Crippen LogP contribution in [0.3, 0.4) is 0 Å². The Bertz CT molecular complexity index is 795. The van der Waals surface area contributed by atoms with Crippen molar-refractivity contribution >= 4 is 33.4 Å². The number of hydrogen-bond donors (Lipinski definition) is 2. The van der Waals surface area contributed by atoms with E-state index in [1.807, 2.05) is 11.0 Å². The van der Waals surface area contributed by atoms with Crippen LogP contribution in [0.15, 0.2) is 24.3 Å². The number of rotatable bonds is 4. The third-order valence-electron chi connectivity index (χ3n) is 5.93. The Hall–Kier alpha value is -1.99. The molecule has 6 nitrogen and oxygen atoms in total. The van der Waals surface area contributed by atoms with Crippen molar-refractivity contribution in [3.05, 3.63) is 29.3 Å². The number of hydrogen-bond acceptors (Lipinski definition) is 4. The van der Waals surface area contributed by atoms with Gasteiger partial charge in [0.25, 0.3) is 5.91 Å². The second kappa shape index (κ2) is 7.94. The van der Waals surface area contributed by atoms with E-state index in [9.17, 15) is 9.59 Å². The Morgan fingerprint density at radius 1 is 1.22 bits per heavy atom. The highest BCUT2D eigenvalue weighted by Crippen LogP contribution is 2.33. The van der Waals surface area contributed by atoms with Gasteiger partial charge >= 0.3 is 0 Å². The summed E-state index contributed by atoms with van der Waals surface area (Å²) in [7, 11) is 0. The number of nitrogens with zero attached hydrogens (tertiary/aromatic N) is 2. The van der Waals surface area contributed by atoms with Crippen molar-refractivity contribution in [2.45, 2.75) is 31.6 Å². The Morgan fingerprint density at radius 3 is 2.74 bits per heavy atom. The number of benzene rings is 1. The lowest BCUT2D eigenvalue weighted by Crippen LogP contribution is -3.15. The monoisotopic (exact) mass is 387 g/mol. The average Bonchev–Trinajstić information content (AvgIpc) is 3.12. The Balaban J connectivity index is 1.30. The van der Waals surface area contributed by atoms with Crippen molar-refractivity contribution in [1.82, 2.24) is 9.88 Å². The van der Waals surface area contributed by atoms with Crippen LogP contribution in [0.2, 0.25) is 0 Å². The highest BCUT2D eigenvalue weighted by Gasteiger charge is 2.31. The minimum Gasteiger partial charge on any atom is -0.369 e. The van der Waals surface area contributed by atoms with Gasteiger partial charge < -0.3 is 15.5 Å². The largest absolute Gasteiger partial charge is 0.369 e. The topological polar surface area (TPSA) is 80.7 Å². The molecule has 27 heavy (non-hydrogen) atoms. The number of fused-ring (bicyclic) bond motifs is 1. The van der Waals surface area contributed by atoms with Gasteiger partial charge in [0.2, 0.25) is 5.91 Å². The zero-order valence-corrected chi connectivity index (χ0v) is 16.3. The summed E-state index contributed by atoms with van der Waals surface area (Å²) in [6.45, 7) is 3.73. The van der Waals surface area contributed by atoms with Crippen LogP contribution in [0.1, 0.15) is 36.6 Å². The molecule has 1 aromatic heterocycles. The maximum Gasteiger partial charge on any atom is 0.277 e. The van der Waals surface area contributed by atoms with Crippen molar-refractivity contribution in [3.63, 3.8) is 0 Å². The van der Waals surface area contributed by atoms with Gasteiger partial charge in [0.15, 0.2) is 6.54 Å². The molecule has 7 heteroatoms. The fraction of sp³-hybridized carbons (Fsp3) is 0.550. The summed E-state index contributed by atoms with van der Waals surface area (Å²) < 4.78 is 1.24. The van der Waals surface area contributed by atoms with E-state index in [1.165, 1.54) is 14.6 Å². The fourth-order valence-corrected chi connectivity index (χ4v) is 5.46. The molecule has 2 saturated heterocycles. The van der Waals surface area contributed by atoms with Gasteiger partial charge in [-0.25, -0.2) is 4.98 Å². The normalized spacial score (nSPS) is 24.2. The lowest BCUT2D eigenvalue weighted by Gasteiger charge is -2.33. The van der Waals surface area contributed by atoms with E-state index in [0.717, 1.165) is 50.8 Å². The second-order valence-corrected chi connectivity index (χ2v) is 8.86. The molecule has 2 fully saturated rings. The molecule has 0 aliphatic carbocycles. The highest BCUT2D eigenvalue weighted by atomic mass is 32.1. The summed E-state index contributed by atoms with van der Waals surface area (Å²) in [5, 5.41) is 1.20. The van der Waals surface area contributed by atoms with Crippen LogP contribution in [-0.4, -0.2) is 54.4 Å². The number of nitrogens with one attached hydrogen (secondary N) is 1. The van der Waals surface area contributed by atoms with Gasteiger partial charge in [0.1, 0.15) is 0 Å². The molecule has 2 aliphatic heterocycles. The highest BCUT2D eigenvalue weighted by molar-refractivity contribution is 7.18. The molecule has 2 atom stereocenters. The molecule has 4 rings (SSSR count). The zero-order chi connectivity index (χ0) is 18.8. The second-order valence-electron chi connectivity index (χ2n) is 7.80. The zero-order valence-electron chi connectivity index (χ0n) is 15.5. The van der Waals surface area contributed by atoms with Crippen LogP contribution < -0.4 is 10.6 Å². The first-order chi connectivity index (χ1) is 13.1. The molecule has 2 amide bonds. The van der Waals surface area contributed by atoms with Gasteiger partial charge in [-0.2, -0.15) is 0 Å². The van der Waals surface area contributed by atoms with Gasteiger partial charge in [-0.05, 0) is 37.8 Å². The van der Waals surface area contributed by atoms with E-state index < -0.39 is 0 Å². The SMILES string of the molecule is NC(=O)[C@H]1CCC[NH+](CC(=O)N2CCC(c3nc4ccccc4s3)CC2)C1. The summed E-state index contributed by atoms with van der Waals surface area (Å²) in [5.41, 5.74) is 6.53. The summed E-state index contributed by atoms with van der Waals surface area (Å²) in [6, 6.07) is 8.26. The van der Waals surface area contributed by atoms with E-state index in [1.54, 1.807) is 11.3 Å². The van der Waals surface area contributed by atoms with E-state index in [2.05, 4.69) is 18.2 Å². The fourth-order valence-electron chi connectivity index (χ4n) is 4.32. The first-order valence-electron chi connectivity index (χ1n) is 9.86. The summed E-state index contributed by atoms with van der Waals surface area (Å²) in [5.74, 6) is 0.355. The predicted molar refractivity (Wildman–Crippen MR) is 106 cm³/mol. The van der Waals surface area contributed by atoms with Gasteiger partial charge in [-0.3, -0.25) is 9.59 Å². The molecule has 0 bridgehead atoms. The quantitative estimate of drug-likeness (QED) is 0.814. The third kappa shape index (κ3) is 4.14. The number of primary amides is 1. The molecule has 3 N–H and O–H groups in total. The number of amides is 2. The van der Waals surface area contributed by atoms with Crippen LogP contribution >= 0.6 is 11.3 Å². The molecule has 2 aliphatic rings. The molecule has 0 radical (unpaired) electrons. The number of carbonyl (C=O) groups is 2. The van der Waals surface area contributed by atoms with Crippen LogP contribution in [0, 0.1) is 5.92 Å². The summed E-state index contributed by atoms with van der Waals surface area (Å²) in [6.07, 6.45) is 3.78. The summed E-state index contributed by atoms with van der Waals surface area (Å²) in [4.78, 5) is 32.1. The number of piperidine rings is 2. The number of quaternary nitrogens is 1. The Labute approximate surface area is 163 Å². The van der Waals surface area contributed by atoms with Gasteiger partial charge in [-0.15, -0.1) is 11.3 Å². The smallest absolute Gasteiger partial charge is 0.277 e. The van der Waals surface area contributed by atoms with Crippen molar-refractivity contribution in [3.8, 4) is 0 Å². The number of aromatic nitrogens is 1. The van der Waals surface area contributed by atoms with Crippen molar-refractivity contribution in [2.24, 2.45) is 11.7 Å². The minimum absolute atomic E-state index is 0.0775. The maximum atomic E-state index is 12.7. The standard InChI is InChI=1S/C20H26N4O2S/c21-19(26)15-4-3-9-23(12-15)13-18(25)24-10-7-14(8-11-24)20-22-16-5-1-2-6-17(16)27-20/h1-2,5-6,14-15H,3-4,7-13H2,(H2,21,26)/p+1/t15-/m0/s1. The molecule has 0 saturated carbocycles. The lowest BCUT2D eigenvalue weighted by atomic mass is 9.96. The summed E-state index contributed by atoms with van der Waals surface area (Å²) >= 11 is 1.78. The lowest BCUT2D eigenvalue weighted by molar-refractivity contribution is -0.899. The predicted octanol–water partition coefficient (Wildman–Crippen LogP) is 0.783. The van der Waals surface area contributed by atoms with Crippen molar-refractivity contribution < 1.29 is 14.5 Å². The number of thiazole rings is 1. The molecular formula is C20H27N4O2S+. The number of carbonyl (C=O) groups excluding carboxylic acids is 2. The van der Waals surface area contributed by atoms with Crippen molar-refractivity contribution in [1.29, 1.82) is 0 Å². The molecule has 0 spiro atoms. The molecule has 144 valence electrons. The number of nitrogens with two attached hydrogens (primary N) is 1. The average molecular weight is 388 g/mol. The van der Waals surface area contributed by atoms with Crippen molar-refractivity contribution in [2.75, 3.05) is 32.7 Å². The molecule has 1 aromatic carbocycles. The van der Waals surface area contributed by atoms with E-state index >= 15 is 0 Å². The van der Waals surface area contributed by atoms with Gasteiger partial charge in [0, 0.05) is 19.0 Å². The number of para-hydroxylation sites is 1. The first-order valence-corrected chi connectivity index (χ1v) is 10.7. The minimum atomic E-state index is -0.226. The van der Waals surface area contributed by atoms with E-state index in [4.69, 9.17) is 10.7 Å². The van der Waals surface area contributed by atoms with E-state index in [0.29, 0.717) is 19.0 Å². The van der Waals surface area contributed by atoms with Crippen LogP contribution in [0.4, 0.5) is 0 Å². The van der Waals surface area contributed by atoms with Crippen LogP contribution in [-0.2, 0) is 9.59 Å². The number of likely N-dealkylation sites (tertiary alicyclic amines) is 2. The molecule has 1 unspecified atom stereocenters. The van der Waals surface area contributed by atoms with Crippen LogP contribution in [0.5, 0.6) is 0 Å². The van der Waals surface area contributed by atoms with E-state index in [-0.39, 0.29) is 17.7 Å². The van der Waals surface area contributed by atoms with Gasteiger partial charge in [-0.1, -0.05) is 12.1 Å². The van der Waals surface area contributed by atoms with Crippen LogP contribution in [0.25, 0.3) is 10.2 Å². The van der Waals surface area contributed by atoms with Gasteiger partial charge in [0.05, 0.1) is 34.2 Å². The first kappa shape index (κ1) is 18.4. The maximum absolute atomic E-state index is 12.7. The molecule has 3 heterocycles. The third-order valence-corrected chi connectivity index (χ3v) is 7.13. The Kier molecular flexibility index (Phi) is 5.41. The molecule has 2 aromatic rings.